The molecule has 0 atom stereocenters. The van der Waals surface area contributed by atoms with Crippen LogP contribution < -0.4 is 10.9 Å². The van der Waals surface area contributed by atoms with Crippen LogP contribution in [0, 0.1) is 12.8 Å². The van der Waals surface area contributed by atoms with Gasteiger partial charge in [0.2, 0.25) is 15.9 Å². The molecular formula is C17H25N3O4S. The minimum absolute atomic E-state index is 0.124. The predicted molar refractivity (Wildman–Crippen MR) is 93.9 cm³/mol. The van der Waals surface area contributed by atoms with Crippen LogP contribution in [-0.4, -0.2) is 38.1 Å². The maximum atomic E-state index is 12.4. The number of sulfonamides is 1. The van der Waals surface area contributed by atoms with Gasteiger partial charge in [0.1, 0.15) is 0 Å². The lowest BCUT2D eigenvalue weighted by Gasteiger charge is -2.17. The molecule has 7 nitrogen and oxygen atoms in total. The number of nitrogens with zero attached hydrogens (tertiary/aromatic N) is 1. The minimum atomic E-state index is -3.75. The molecule has 1 fully saturated rings. The van der Waals surface area contributed by atoms with Crippen LogP contribution in [0.4, 0.5) is 0 Å². The van der Waals surface area contributed by atoms with Gasteiger partial charge in [-0.2, -0.15) is 4.31 Å². The predicted octanol–water partition coefficient (Wildman–Crippen LogP) is 1.34. The Bertz CT molecular complexity index is 710. The second kappa shape index (κ2) is 8.44. The standard InChI is InChI=1S/C17H25N3O4S/c1-13-7-9-15(10-8-13)25(23,24)20(2)12-17(22)19-18-16(21)11-14-5-3-4-6-14/h7-10,14H,3-6,11-12H2,1-2H3,(H,18,21)(H,19,22). The maximum absolute atomic E-state index is 12.4. The molecule has 0 aliphatic heterocycles. The zero-order valence-electron chi connectivity index (χ0n) is 14.6. The number of nitrogens with one attached hydrogen (secondary N) is 2. The molecular weight excluding hydrogens is 342 g/mol. The van der Waals surface area contributed by atoms with E-state index in [0.717, 1.165) is 35.6 Å². The molecule has 2 amide bonds. The van der Waals surface area contributed by atoms with Crippen molar-refractivity contribution >= 4 is 21.8 Å². The molecule has 0 radical (unpaired) electrons. The summed E-state index contributed by atoms with van der Waals surface area (Å²) in [6.07, 6.45) is 4.76. The van der Waals surface area contributed by atoms with Gasteiger partial charge in [0, 0.05) is 13.5 Å². The highest BCUT2D eigenvalue weighted by Crippen LogP contribution is 2.27. The van der Waals surface area contributed by atoms with Crippen molar-refractivity contribution in [3.63, 3.8) is 0 Å². The molecule has 25 heavy (non-hydrogen) atoms. The molecule has 2 N–H and O–H groups in total. The number of amides is 2. The Morgan fingerprint density at radius 3 is 2.24 bits per heavy atom. The van der Waals surface area contributed by atoms with Crippen LogP contribution in [-0.2, 0) is 19.6 Å². The van der Waals surface area contributed by atoms with Gasteiger partial charge in [0.25, 0.3) is 5.91 Å². The molecule has 0 spiro atoms. The van der Waals surface area contributed by atoms with Crippen molar-refractivity contribution in [2.24, 2.45) is 5.92 Å². The maximum Gasteiger partial charge on any atom is 0.253 e. The fraction of sp³-hybridized carbons (Fsp3) is 0.529. The van der Waals surface area contributed by atoms with Crippen molar-refractivity contribution in [3.05, 3.63) is 29.8 Å². The number of carbonyl (C=O) groups excluding carboxylic acids is 2. The first-order valence-electron chi connectivity index (χ1n) is 8.39. The molecule has 0 aromatic heterocycles. The Morgan fingerprint density at radius 2 is 1.64 bits per heavy atom. The smallest absolute Gasteiger partial charge is 0.253 e. The highest BCUT2D eigenvalue weighted by Gasteiger charge is 2.23. The van der Waals surface area contributed by atoms with Crippen LogP contribution in [0.3, 0.4) is 0 Å². The number of hydrogen-bond donors (Lipinski definition) is 2. The Hall–Kier alpha value is -1.93. The van der Waals surface area contributed by atoms with Crippen molar-refractivity contribution in [2.45, 2.75) is 43.9 Å². The number of hydrogen-bond acceptors (Lipinski definition) is 4. The first kappa shape index (κ1) is 19.4. The first-order chi connectivity index (χ1) is 11.8. The molecule has 138 valence electrons. The van der Waals surface area contributed by atoms with Gasteiger partial charge in [0.15, 0.2) is 0 Å². The van der Waals surface area contributed by atoms with E-state index in [9.17, 15) is 18.0 Å². The van der Waals surface area contributed by atoms with E-state index in [2.05, 4.69) is 10.9 Å². The normalized spacial score (nSPS) is 15.3. The van der Waals surface area contributed by atoms with E-state index in [0.29, 0.717) is 12.3 Å². The Labute approximate surface area is 148 Å². The third-order valence-corrected chi connectivity index (χ3v) is 6.20. The second-order valence-electron chi connectivity index (χ2n) is 6.53. The number of carbonyl (C=O) groups is 2. The number of rotatable bonds is 6. The van der Waals surface area contributed by atoms with Crippen LogP contribution in [0.1, 0.15) is 37.7 Å². The van der Waals surface area contributed by atoms with Gasteiger partial charge < -0.3 is 0 Å². The van der Waals surface area contributed by atoms with Crippen molar-refractivity contribution in [1.82, 2.24) is 15.2 Å². The third kappa shape index (κ3) is 5.54. The largest absolute Gasteiger partial charge is 0.273 e. The summed E-state index contributed by atoms with van der Waals surface area (Å²) in [6.45, 7) is 1.49. The molecule has 0 saturated heterocycles. The quantitative estimate of drug-likeness (QED) is 0.742. The van der Waals surface area contributed by atoms with E-state index < -0.39 is 15.9 Å². The highest BCUT2D eigenvalue weighted by atomic mass is 32.2. The fourth-order valence-electron chi connectivity index (χ4n) is 2.88. The van der Waals surface area contributed by atoms with E-state index in [4.69, 9.17) is 0 Å². The number of aryl methyl sites for hydroxylation is 1. The molecule has 1 aromatic rings. The molecule has 1 aliphatic rings. The van der Waals surface area contributed by atoms with E-state index in [1.54, 1.807) is 12.1 Å². The van der Waals surface area contributed by atoms with Crippen LogP contribution in [0.2, 0.25) is 0 Å². The van der Waals surface area contributed by atoms with Gasteiger partial charge in [-0.15, -0.1) is 0 Å². The molecule has 0 bridgehead atoms. The monoisotopic (exact) mass is 367 g/mol. The summed E-state index contributed by atoms with van der Waals surface area (Å²) in [6, 6.07) is 6.40. The topological polar surface area (TPSA) is 95.6 Å². The Morgan fingerprint density at radius 1 is 1.08 bits per heavy atom. The zero-order valence-corrected chi connectivity index (χ0v) is 15.4. The van der Waals surface area contributed by atoms with E-state index >= 15 is 0 Å². The zero-order chi connectivity index (χ0) is 18.4. The summed E-state index contributed by atoms with van der Waals surface area (Å²) in [5.41, 5.74) is 5.58. The number of benzene rings is 1. The van der Waals surface area contributed by atoms with Crippen LogP contribution in [0.15, 0.2) is 29.2 Å². The average Bonchev–Trinajstić information content (AvgIpc) is 3.06. The van der Waals surface area contributed by atoms with E-state index in [1.165, 1.54) is 19.2 Å². The average molecular weight is 367 g/mol. The van der Waals surface area contributed by atoms with Gasteiger partial charge >= 0.3 is 0 Å². The molecule has 0 heterocycles. The van der Waals surface area contributed by atoms with E-state index in [-0.39, 0.29) is 17.3 Å². The highest BCUT2D eigenvalue weighted by molar-refractivity contribution is 7.89. The van der Waals surface area contributed by atoms with Crippen molar-refractivity contribution in [1.29, 1.82) is 0 Å². The van der Waals surface area contributed by atoms with Crippen LogP contribution >= 0.6 is 0 Å². The van der Waals surface area contributed by atoms with Crippen LogP contribution in [0.5, 0.6) is 0 Å². The SMILES string of the molecule is Cc1ccc(S(=O)(=O)N(C)CC(=O)NNC(=O)CC2CCCC2)cc1. The molecule has 8 heteroatoms. The Kier molecular flexibility index (Phi) is 6.55. The molecule has 2 rings (SSSR count). The van der Waals surface area contributed by atoms with Crippen molar-refractivity contribution in [2.75, 3.05) is 13.6 Å². The van der Waals surface area contributed by atoms with Gasteiger partial charge in [0.05, 0.1) is 11.4 Å². The summed E-state index contributed by atoms with van der Waals surface area (Å²) in [5, 5.41) is 0. The first-order valence-corrected chi connectivity index (χ1v) is 9.84. The van der Waals surface area contributed by atoms with Crippen molar-refractivity contribution < 1.29 is 18.0 Å². The summed E-state index contributed by atoms with van der Waals surface area (Å²) in [5.74, 6) is -0.455. The van der Waals surface area contributed by atoms with Gasteiger partial charge in [-0.1, -0.05) is 30.5 Å². The van der Waals surface area contributed by atoms with Gasteiger partial charge in [-0.05, 0) is 37.8 Å². The second-order valence-corrected chi connectivity index (χ2v) is 8.57. The summed E-state index contributed by atoms with van der Waals surface area (Å²) >= 11 is 0. The molecule has 1 aliphatic carbocycles. The summed E-state index contributed by atoms with van der Waals surface area (Å²) < 4.78 is 25.8. The third-order valence-electron chi connectivity index (χ3n) is 4.39. The lowest BCUT2D eigenvalue weighted by molar-refractivity contribution is -0.129. The van der Waals surface area contributed by atoms with Gasteiger partial charge in [-0.25, -0.2) is 8.42 Å². The van der Waals surface area contributed by atoms with Crippen molar-refractivity contribution in [3.8, 4) is 0 Å². The minimum Gasteiger partial charge on any atom is -0.273 e. The van der Waals surface area contributed by atoms with E-state index in [1.807, 2.05) is 6.92 Å². The molecule has 0 unspecified atom stereocenters. The lowest BCUT2D eigenvalue weighted by Crippen LogP contribution is -2.47. The lowest BCUT2D eigenvalue weighted by atomic mass is 10.0. The summed E-state index contributed by atoms with van der Waals surface area (Å²) in [4.78, 5) is 23.8. The fourth-order valence-corrected chi connectivity index (χ4v) is 4.01. The Balaban J connectivity index is 1.82. The summed E-state index contributed by atoms with van der Waals surface area (Å²) in [7, 11) is -2.42. The van der Waals surface area contributed by atoms with Crippen LogP contribution in [0.25, 0.3) is 0 Å². The number of hydrazine groups is 1. The molecule has 1 saturated carbocycles. The number of likely N-dealkylation sites (N-methyl/N-ethyl adjacent to an activating group) is 1. The molecule has 1 aromatic carbocycles. The van der Waals surface area contributed by atoms with Gasteiger partial charge in [-0.3, -0.25) is 20.4 Å².